The van der Waals surface area contributed by atoms with Gasteiger partial charge >= 0.3 is 0 Å². The zero-order valence-corrected chi connectivity index (χ0v) is 14.6. The van der Waals surface area contributed by atoms with Crippen molar-refractivity contribution in [3.05, 3.63) is 16.1 Å². The van der Waals surface area contributed by atoms with Gasteiger partial charge in [0, 0.05) is 43.0 Å². The number of aliphatic hydroxyl groups excluding tert-OH is 1. The van der Waals surface area contributed by atoms with E-state index in [-0.39, 0.29) is 12.0 Å². The lowest BCUT2D eigenvalue weighted by Gasteiger charge is -2.38. The van der Waals surface area contributed by atoms with Crippen molar-refractivity contribution in [1.29, 1.82) is 0 Å². The summed E-state index contributed by atoms with van der Waals surface area (Å²) in [5, 5.41) is 12.8. The average molecular weight is 311 g/mol. The summed E-state index contributed by atoms with van der Waals surface area (Å²) >= 11 is 1.78. The molecule has 1 aromatic heterocycles. The van der Waals surface area contributed by atoms with E-state index in [9.17, 15) is 5.11 Å². The van der Waals surface area contributed by atoms with Crippen molar-refractivity contribution in [3.8, 4) is 0 Å². The zero-order valence-electron chi connectivity index (χ0n) is 13.8. The van der Waals surface area contributed by atoms with Crippen LogP contribution >= 0.6 is 11.3 Å². The van der Waals surface area contributed by atoms with Crippen molar-refractivity contribution in [2.75, 3.05) is 32.8 Å². The van der Waals surface area contributed by atoms with E-state index in [1.54, 1.807) is 11.3 Å². The summed E-state index contributed by atoms with van der Waals surface area (Å²) in [5.41, 5.74) is 1.34. The fourth-order valence-corrected chi connectivity index (χ4v) is 3.77. The summed E-state index contributed by atoms with van der Waals surface area (Å²) in [6, 6.07) is 0.333. The Bertz CT molecular complexity index is 429. The molecule has 1 aliphatic rings. The molecule has 5 heteroatoms. The number of nitrogens with zero attached hydrogens (tertiary/aromatic N) is 3. The van der Waals surface area contributed by atoms with Gasteiger partial charge in [0.25, 0.3) is 0 Å². The van der Waals surface area contributed by atoms with Crippen LogP contribution in [0.15, 0.2) is 5.38 Å². The molecule has 1 fully saturated rings. The standard InChI is InChI=1S/C16H29N3OS/c1-5-13(11-20)19-8-6-18(7-9-19)10-15-17-14(12-21-15)16(2,3)4/h12-13,20H,5-11H2,1-4H3. The van der Waals surface area contributed by atoms with Crippen LogP contribution in [-0.4, -0.2) is 58.7 Å². The molecular weight excluding hydrogens is 282 g/mol. The van der Waals surface area contributed by atoms with Crippen LogP contribution in [0.25, 0.3) is 0 Å². The molecule has 2 heterocycles. The van der Waals surface area contributed by atoms with Crippen molar-refractivity contribution < 1.29 is 5.11 Å². The van der Waals surface area contributed by atoms with Crippen LogP contribution in [-0.2, 0) is 12.0 Å². The Kier molecular flexibility index (Phi) is 5.77. The monoisotopic (exact) mass is 311 g/mol. The summed E-state index contributed by atoms with van der Waals surface area (Å²) < 4.78 is 0. The van der Waals surface area contributed by atoms with Gasteiger partial charge in [-0.15, -0.1) is 11.3 Å². The highest BCUT2D eigenvalue weighted by atomic mass is 32.1. The summed E-state index contributed by atoms with van der Waals surface area (Å²) in [7, 11) is 0. The Morgan fingerprint density at radius 2 is 1.95 bits per heavy atom. The van der Waals surface area contributed by atoms with E-state index in [1.807, 2.05) is 0 Å². The van der Waals surface area contributed by atoms with Gasteiger partial charge in [-0.25, -0.2) is 4.98 Å². The van der Waals surface area contributed by atoms with Crippen LogP contribution in [0.3, 0.4) is 0 Å². The number of hydrogen-bond donors (Lipinski definition) is 1. The topological polar surface area (TPSA) is 39.6 Å². The minimum Gasteiger partial charge on any atom is -0.395 e. The van der Waals surface area contributed by atoms with Crippen molar-refractivity contribution >= 4 is 11.3 Å². The van der Waals surface area contributed by atoms with E-state index in [0.29, 0.717) is 6.04 Å². The SMILES string of the molecule is CCC(CO)N1CCN(Cc2nc(C(C)(C)C)cs2)CC1. The molecule has 1 N–H and O–H groups in total. The second kappa shape index (κ2) is 7.18. The second-order valence-electron chi connectivity index (χ2n) is 6.93. The summed E-state index contributed by atoms with van der Waals surface area (Å²) in [4.78, 5) is 9.68. The van der Waals surface area contributed by atoms with Gasteiger partial charge < -0.3 is 5.11 Å². The first-order chi connectivity index (χ1) is 9.94. The molecular formula is C16H29N3OS. The fraction of sp³-hybridized carbons (Fsp3) is 0.812. The average Bonchev–Trinajstić information content (AvgIpc) is 2.90. The first kappa shape index (κ1) is 16.9. The normalized spacial score (nSPS) is 19.9. The summed E-state index contributed by atoms with van der Waals surface area (Å²) in [6.07, 6.45) is 1.03. The lowest BCUT2D eigenvalue weighted by molar-refractivity contribution is 0.0608. The van der Waals surface area contributed by atoms with Crippen LogP contribution in [0.1, 0.15) is 44.8 Å². The number of thiazole rings is 1. The molecule has 0 aliphatic carbocycles. The lowest BCUT2D eigenvalue weighted by Crippen LogP contribution is -2.50. The molecule has 1 saturated heterocycles. The molecule has 1 aliphatic heterocycles. The third-order valence-corrected chi connectivity index (χ3v) is 5.12. The van der Waals surface area contributed by atoms with E-state index >= 15 is 0 Å². The number of piperazine rings is 1. The number of rotatable bonds is 5. The quantitative estimate of drug-likeness (QED) is 0.906. The molecule has 120 valence electrons. The van der Waals surface area contributed by atoms with E-state index < -0.39 is 0 Å². The van der Waals surface area contributed by atoms with Crippen molar-refractivity contribution in [3.63, 3.8) is 0 Å². The largest absolute Gasteiger partial charge is 0.395 e. The van der Waals surface area contributed by atoms with Crippen LogP contribution in [0.4, 0.5) is 0 Å². The van der Waals surface area contributed by atoms with Crippen LogP contribution in [0.5, 0.6) is 0 Å². The van der Waals surface area contributed by atoms with Gasteiger partial charge in [0.1, 0.15) is 5.01 Å². The van der Waals surface area contributed by atoms with Gasteiger partial charge in [-0.1, -0.05) is 27.7 Å². The molecule has 0 aromatic carbocycles. The minimum absolute atomic E-state index is 0.142. The van der Waals surface area contributed by atoms with E-state index in [4.69, 9.17) is 4.98 Å². The Hall–Kier alpha value is -0.490. The molecule has 4 nitrogen and oxygen atoms in total. The van der Waals surface area contributed by atoms with Gasteiger partial charge in [0.2, 0.25) is 0 Å². The predicted octanol–water partition coefficient (Wildman–Crippen LogP) is 2.33. The Morgan fingerprint density at radius 3 is 2.43 bits per heavy atom. The molecule has 0 spiro atoms. The Morgan fingerprint density at radius 1 is 1.29 bits per heavy atom. The van der Waals surface area contributed by atoms with E-state index in [0.717, 1.165) is 39.1 Å². The summed E-state index contributed by atoms with van der Waals surface area (Å²) in [5.74, 6) is 0. The van der Waals surface area contributed by atoms with Crippen molar-refractivity contribution in [2.45, 2.75) is 52.1 Å². The van der Waals surface area contributed by atoms with Crippen molar-refractivity contribution in [2.24, 2.45) is 0 Å². The van der Waals surface area contributed by atoms with Gasteiger partial charge in [0.05, 0.1) is 18.8 Å². The maximum absolute atomic E-state index is 9.39. The maximum Gasteiger partial charge on any atom is 0.107 e. The number of aromatic nitrogens is 1. The fourth-order valence-electron chi connectivity index (χ4n) is 2.71. The third kappa shape index (κ3) is 4.49. The van der Waals surface area contributed by atoms with Gasteiger partial charge in [0.15, 0.2) is 0 Å². The smallest absolute Gasteiger partial charge is 0.107 e. The molecule has 0 radical (unpaired) electrons. The molecule has 1 unspecified atom stereocenters. The first-order valence-electron chi connectivity index (χ1n) is 7.96. The molecule has 0 bridgehead atoms. The number of hydrogen-bond acceptors (Lipinski definition) is 5. The molecule has 1 atom stereocenters. The van der Waals surface area contributed by atoms with Crippen molar-refractivity contribution in [1.82, 2.24) is 14.8 Å². The molecule has 2 rings (SSSR count). The third-order valence-electron chi connectivity index (χ3n) is 4.28. The van der Waals surface area contributed by atoms with E-state index in [1.165, 1.54) is 10.7 Å². The van der Waals surface area contributed by atoms with Crippen LogP contribution in [0.2, 0.25) is 0 Å². The van der Waals surface area contributed by atoms with Crippen LogP contribution < -0.4 is 0 Å². The Labute approximate surface area is 132 Å². The highest BCUT2D eigenvalue weighted by Gasteiger charge is 2.23. The van der Waals surface area contributed by atoms with Gasteiger partial charge in [-0.05, 0) is 6.42 Å². The molecule has 0 saturated carbocycles. The minimum atomic E-state index is 0.142. The summed E-state index contributed by atoms with van der Waals surface area (Å²) in [6.45, 7) is 14.3. The predicted molar refractivity (Wildman–Crippen MR) is 88.8 cm³/mol. The highest BCUT2D eigenvalue weighted by molar-refractivity contribution is 7.09. The highest BCUT2D eigenvalue weighted by Crippen LogP contribution is 2.24. The lowest BCUT2D eigenvalue weighted by atomic mass is 9.93. The molecule has 21 heavy (non-hydrogen) atoms. The van der Waals surface area contributed by atoms with Gasteiger partial charge in [-0.2, -0.15) is 0 Å². The van der Waals surface area contributed by atoms with Gasteiger partial charge in [-0.3, -0.25) is 9.80 Å². The van der Waals surface area contributed by atoms with Crippen LogP contribution in [0, 0.1) is 0 Å². The second-order valence-corrected chi connectivity index (χ2v) is 7.88. The Balaban J connectivity index is 1.85. The molecule has 0 amide bonds. The van der Waals surface area contributed by atoms with E-state index in [2.05, 4.69) is 42.9 Å². The zero-order chi connectivity index (χ0) is 15.5. The maximum atomic E-state index is 9.39. The molecule has 1 aromatic rings. The first-order valence-corrected chi connectivity index (χ1v) is 8.84. The number of aliphatic hydroxyl groups is 1.